The maximum atomic E-state index is 12.4. The fraction of sp³-hybridized carbons (Fsp3) is 0.286. The average molecular weight is 346 g/mol. The molecule has 0 fully saturated rings. The number of nitrogens with one attached hydrogen (secondary N) is 1. The molecule has 0 radical (unpaired) electrons. The predicted octanol–water partition coefficient (Wildman–Crippen LogP) is 3.62. The van der Waals surface area contributed by atoms with Gasteiger partial charge >= 0.3 is 0 Å². The van der Waals surface area contributed by atoms with E-state index in [1.807, 2.05) is 26.0 Å². The highest BCUT2D eigenvalue weighted by Crippen LogP contribution is 2.29. The van der Waals surface area contributed by atoms with E-state index in [4.69, 9.17) is 16.3 Å². The van der Waals surface area contributed by atoms with Crippen molar-refractivity contribution in [3.63, 3.8) is 0 Å². The van der Waals surface area contributed by atoms with Gasteiger partial charge in [0.25, 0.3) is 10.0 Å². The molecule has 1 N–H and O–H groups in total. The van der Waals surface area contributed by atoms with E-state index in [1.165, 1.54) is 6.07 Å². The summed E-state index contributed by atoms with van der Waals surface area (Å²) in [4.78, 5) is 0. The van der Waals surface area contributed by atoms with Gasteiger partial charge in [-0.1, -0.05) is 23.7 Å². The lowest BCUT2D eigenvalue weighted by Crippen LogP contribution is -2.40. The van der Waals surface area contributed by atoms with Gasteiger partial charge in [-0.05, 0) is 43.7 Å². The molecule has 2 rings (SSSR count). The normalized spacial score (nSPS) is 12.4. The van der Waals surface area contributed by atoms with Crippen LogP contribution in [0, 0.1) is 0 Å². The van der Waals surface area contributed by atoms with Crippen LogP contribution in [0.2, 0.25) is 4.34 Å². The molecule has 0 saturated carbocycles. The highest BCUT2D eigenvalue weighted by molar-refractivity contribution is 7.91. The van der Waals surface area contributed by atoms with Gasteiger partial charge in [-0.2, -0.15) is 0 Å². The second-order valence-electron chi connectivity index (χ2n) is 5.02. The summed E-state index contributed by atoms with van der Waals surface area (Å²) in [7, 11) is -2.02. The monoisotopic (exact) mass is 345 g/mol. The molecule has 2 aromatic rings. The lowest BCUT2D eigenvalue weighted by Gasteiger charge is -2.26. The predicted molar refractivity (Wildman–Crippen MR) is 85.7 cm³/mol. The fourth-order valence-electron chi connectivity index (χ4n) is 1.89. The second-order valence-corrected chi connectivity index (χ2v) is 8.64. The van der Waals surface area contributed by atoms with E-state index in [0.29, 0.717) is 4.34 Å². The molecule has 1 heterocycles. The van der Waals surface area contributed by atoms with E-state index in [1.54, 1.807) is 25.3 Å². The van der Waals surface area contributed by atoms with Gasteiger partial charge in [-0.15, -0.1) is 11.3 Å². The zero-order chi connectivity index (χ0) is 15.7. The second kappa shape index (κ2) is 5.96. The van der Waals surface area contributed by atoms with Crippen LogP contribution in [0.1, 0.15) is 19.4 Å². The van der Waals surface area contributed by atoms with Gasteiger partial charge in [-0.25, -0.2) is 13.1 Å². The Morgan fingerprint density at radius 3 is 2.24 bits per heavy atom. The molecule has 0 aliphatic rings. The molecule has 4 nitrogen and oxygen atoms in total. The summed E-state index contributed by atoms with van der Waals surface area (Å²) < 4.78 is 33.2. The van der Waals surface area contributed by atoms with Crippen molar-refractivity contribution < 1.29 is 13.2 Å². The summed E-state index contributed by atoms with van der Waals surface area (Å²) in [6, 6.07) is 10.3. The Labute approximate surface area is 133 Å². The number of hydrogen-bond donors (Lipinski definition) is 1. The molecule has 21 heavy (non-hydrogen) atoms. The van der Waals surface area contributed by atoms with E-state index in [-0.39, 0.29) is 4.21 Å². The van der Waals surface area contributed by atoms with Crippen LogP contribution < -0.4 is 9.46 Å². The standard InChI is InChI=1S/C14H16ClNO3S2/c1-14(2,10-4-6-11(19-3)7-5-10)16-21(17,18)13-9-8-12(15)20-13/h4-9,16H,1-3H3. The van der Waals surface area contributed by atoms with Gasteiger partial charge in [0.05, 0.1) is 17.0 Å². The number of thiophene rings is 1. The van der Waals surface area contributed by atoms with Crippen molar-refractivity contribution in [2.45, 2.75) is 23.6 Å². The number of halogens is 1. The average Bonchev–Trinajstić information content (AvgIpc) is 2.85. The van der Waals surface area contributed by atoms with Crippen LogP contribution in [0.25, 0.3) is 0 Å². The number of rotatable bonds is 5. The summed E-state index contributed by atoms with van der Waals surface area (Å²) in [6.45, 7) is 3.61. The van der Waals surface area contributed by atoms with Gasteiger partial charge in [-0.3, -0.25) is 0 Å². The molecule has 0 unspecified atom stereocenters. The Morgan fingerprint density at radius 1 is 1.14 bits per heavy atom. The van der Waals surface area contributed by atoms with Gasteiger partial charge in [0, 0.05) is 0 Å². The molecular formula is C14H16ClNO3S2. The van der Waals surface area contributed by atoms with Gasteiger partial charge in [0.1, 0.15) is 9.96 Å². The minimum absolute atomic E-state index is 0.203. The quantitative estimate of drug-likeness (QED) is 0.900. The topological polar surface area (TPSA) is 55.4 Å². The fourth-order valence-corrected chi connectivity index (χ4v) is 4.78. The molecule has 0 atom stereocenters. The third-order valence-corrected chi connectivity index (χ3v) is 6.39. The summed E-state index contributed by atoms with van der Waals surface area (Å²) in [5.74, 6) is 0.724. The first-order valence-electron chi connectivity index (χ1n) is 6.18. The van der Waals surface area contributed by atoms with Crippen LogP contribution in [0.15, 0.2) is 40.6 Å². The number of hydrogen-bond acceptors (Lipinski definition) is 4. The van der Waals surface area contributed by atoms with Crippen molar-refractivity contribution in [1.29, 1.82) is 0 Å². The van der Waals surface area contributed by atoms with Gasteiger partial charge in [0.2, 0.25) is 0 Å². The Bertz CT molecular complexity index is 721. The van der Waals surface area contributed by atoms with Crippen molar-refractivity contribution >= 4 is 33.0 Å². The Balaban J connectivity index is 2.27. The molecule has 1 aromatic carbocycles. The lowest BCUT2D eigenvalue weighted by molar-refractivity contribution is 0.413. The summed E-state index contributed by atoms with van der Waals surface area (Å²) in [5.41, 5.74) is 0.0937. The highest BCUT2D eigenvalue weighted by atomic mass is 35.5. The van der Waals surface area contributed by atoms with Crippen molar-refractivity contribution in [1.82, 2.24) is 4.72 Å². The number of sulfonamides is 1. The number of methoxy groups -OCH3 is 1. The van der Waals surface area contributed by atoms with Crippen LogP contribution in [0.4, 0.5) is 0 Å². The lowest BCUT2D eigenvalue weighted by atomic mass is 9.96. The molecule has 0 spiro atoms. The highest BCUT2D eigenvalue weighted by Gasteiger charge is 2.28. The van der Waals surface area contributed by atoms with Crippen LogP contribution in [-0.4, -0.2) is 15.5 Å². The summed E-state index contributed by atoms with van der Waals surface area (Å²) in [6.07, 6.45) is 0. The van der Waals surface area contributed by atoms with Crippen LogP contribution in [0.3, 0.4) is 0 Å². The molecule has 114 valence electrons. The van der Waals surface area contributed by atoms with Crippen molar-refractivity contribution in [2.24, 2.45) is 0 Å². The SMILES string of the molecule is COc1ccc(C(C)(C)NS(=O)(=O)c2ccc(Cl)s2)cc1. The number of benzene rings is 1. The van der Waals surface area contributed by atoms with Gasteiger partial charge in [0.15, 0.2) is 0 Å². The molecule has 7 heteroatoms. The zero-order valence-corrected chi connectivity index (χ0v) is 14.3. The third kappa shape index (κ3) is 3.77. The Hall–Kier alpha value is -1.08. The molecule has 0 saturated heterocycles. The maximum absolute atomic E-state index is 12.4. The Morgan fingerprint density at radius 2 is 1.76 bits per heavy atom. The first kappa shape index (κ1) is 16.3. The molecule has 0 aliphatic heterocycles. The molecule has 0 aliphatic carbocycles. The van der Waals surface area contributed by atoms with E-state index in [0.717, 1.165) is 22.6 Å². The molecule has 0 amide bonds. The van der Waals surface area contributed by atoms with Crippen LogP contribution in [0.5, 0.6) is 5.75 Å². The molecule has 1 aromatic heterocycles. The zero-order valence-electron chi connectivity index (χ0n) is 11.9. The first-order valence-corrected chi connectivity index (χ1v) is 8.86. The minimum atomic E-state index is -3.61. The summed E-state index contributed by atoms with van der Waals surface area (Å²) >= 11 is 6.83. The molecular weight excluding hydrogens is 330 g/mol. The van der Waals surface area contributed by atoms with E-state index < -0.39 is 15.6 Å². The van der Waals surface area contributed by atoms with Crippen LogP contribution >= 0.6 is 22.9 Å². The van der Waals surface area contributed by atoms with Crippen LogP contribution in [-0.2, 0) is 15.6 Å². The smallest absolute Gasteiger partial charge is 0.250 e. The molecule has 0 bridgehead atoms. The summed E-state index contributed by atoms with van der Waals surface area (Å²) in [5, 5.41) is 0. The number of ether oxygens (including phenoxy) is 1. The van der Waals surface area contributed by atoms with Gasteiger partial charge < -0.3 is 4.74 Å². The van der Waals surface area contributed by atoms with Crippen molar-refractivity contribution in [2.75, 3.05) is 7.11 Å². The van der Waals surface area contributed by atoms with Crippen molar-refractivity contribution in [3.8, 4) is 5.75 Å². The van der Waals surface area contributed by atoms with Crippen molar-refractivity contribution in [3.05, 3.63) is 46.3 Å². The largest absolute Gasteiger partial charge is 0.497 e. The minimum Gasteiger partial charge on any atom is -0.497 e. The first-order chi connectivity index (χ1) is 9.74. The maximum Gasteiger partial charge on any atom is 0.250 e. The van der Waals surface area contributed by atoms with E-state index in [9.17, 15) is 8.42 Å². The Kier molecular flexibility index (Phi) is 4.63. The van der Waals surface area contributed by atoms with E-state index in [2.05, 4.69) is 4.72 Å². The third-order valence-electron chi connectivity index (χ3n) is 3.01. The van der Waals surface area contributed by atoms with E-state index >= 15 is 0 Å².